The Morgan fingerprint density at radius 2 is 1.11 bits per heavy atom. The molecule has 180 valence electrons. The molecule has 35 heavy (non-hydrogen) atoms. The molecule has 3 aromatic carbocycles. The second-order valence-corrected chi connectivity index (χ2v) is 10.7. The minimum absolute atomic E-state index is 0.0528. The Morgan fingerprint density at radius 3 is 1.60 bits per heavy atom. The van der Waals surface area contributed by atoms with Crippen LogP contribution in [0.4, 0.5) is 5.69 Å². The van der Waals surface area contributed by atoms with Crippen LogP contribution >= 0.6 is 0 Å². The van der Waals surface area contributed by atoms with E-state index in [0.717, 1.165) is 4.90 Å². The molecule has 5 rings (SSSR count). The van der Waals surface area contributed by atoms with Gasteiger partial charge < -0.3 is 0 Å². The van der Waals surface area contributed by atoms with E-state index in [4.69, 9.17) is 0 Å². The van der Waals surface area contributed by atoms with Crippen LogP contribution in [0.2, 0.25) is 0 Å². The van der Waals surface area contributed by atoms with Crippen LogP contribution in [0.25, 0.3) is 0 Å². The number of hydrogen-bond donors (Lipinski definition) is 0. The zero-order valence-electron chi connectivity index (χ0n) is 19.3. The molecule has 0 unspecified atom stereocenters. The number of sulfonamides is 1. The summed E-state index contributed by atoms with van der Waals surface area (Å²) < 4.78 is 28.2. The van der Waals surface area contributed by atoms with Crippen molar-refractivity contribution in [2.75, 3.05) is 31.1 Å². The summed E-state index contributed by atoms with van der Waals surface area (Å²) in [5, 5.41) is 0. The van der Waals surface area contributed by atoms with Gasteiger partial charge in [-0.15, -0.1) is 0 Å². The van der Waals surface area contributed by atoms with E-state index >= 15 is 0 Å². The van der Waals surface area contributed by atoms with Crippen molar-refractivity contribution in [3.63, 3.8) is 0 Å². The Kier molecular flexibility index (Phi) is 6.51. The van der Waals surface area contributed by atoms with E-state index in [1.807, 2.05) is 36.4 Å². The molecular formula is C27H27N3O4S. The van der Waals surface area contributed by atoms with Gasteiger partial charge in [0.25, 0.3) is 0 Å². The van der Waals surface area contributed by atoms with Crippen molar-refractivity contribution in [1.29, 1.82) is 0 Å². The number of amides is 2. The van der Waals surface area contributed by atoms with Crippen molar-refractivity contribution in [2.45, 2.75) is 23.8 Å². The largest absolute Gasteiger partial charge is 0.290 e. The van der Waals surface area contributed by atoms with Crippen LogP contribution in [0.15, 0.2) is 89.8 Å². The van der Waals surface area contributed by atoms with Gasteiger partial charge in [0.1, 0.15) is 0 Å². The Balaban J connectivity index is 1.32. The molecular weight excluding hydrogens is 462 g/mol. The van der Waals surface area contributed by atoms with Crippen molar-refractivity contribution in [2.24, 2.45) is 0 Å². The second-order valence-electron chi connectivity index (χ2n) is 8.78. The van der Waals surface area contributed by atoms with Gasteiger partial charge >= 0.3 is 0 Å². The van der Waals surface area contributed by atoms with Crippen LogP contribution < -0.4 is 4.90 Å². The molecule has 0 atom stereocenters. The van der Waals surface area contributed by atoms with E-state index in [2.05, 4.69) is 29.2 Å². The first-order valence-electron chi connectivity index (χ1n) is 11.7. The number of carbonyl (C=O) groups is 2. The van der Waals surface area contributed by atoms with E-state index < -0.39 is 10.0 Å². The predicted octanol–water partition coefficient (Wildman–Crippen LogP) is 3.44. The number of hydrogen-bond acceptors (Lipinski definition) is 5. The molecule has 0 bridgehead atoms. The molecule has 3 aromatic rings. The maximum atomic E-state index is 13.3. The molecule has 2 aliphatic heterocycles. The topological polar surface area (TPSA) is 78.0 Å². The second kappa shape index (κ2) is 9.73. The first kappa shape index (κ1) is 23.4. The van der Waals surface area contributed by atoms with Crippen LogP contribution in [0.1, 0.15) is 30.0 Å². The van der Waals surface area contributed by atoms with E-state index in [0.29, 0.717) is 31.9 Å². The summed E-state index contributed by atoms with van der Waals surface area (Å²) in [6.45, 7) is 1.96. The average Bonchev–Trinajstić information content (AvgIpc) is 3.23. The highest BCUT2D eigenvalue weighted by molar-refractivity contribution is 7.89. The van der Waals surface area contributed by atoms with E-state index in [9.17, 15) is 18.0 Å². The van der Waals surface area contributed by atoms with Crippen LogP contribution in [0.3, 0.4) is 0 Å². The van der Waals surface area contributed by atoms with Crippen molar-refractivity contribution in [1.82, 2.24) is 9.21 Å². The quantitative estimate of drug-likeness (QED) is 0.496. The van der Waals surface area contributed by atoms with Crippen LogP contribution in [-0.2, 0) is 19.6 Å². The molecule has 2 aliphatic rings. The lowest BCUT2D eigenvalue weighted by atomic mass is 9.96. The normalized spacial score (nSPS) is 17.9. The van der Waals surface area contributed by atoms with Gasteiger partial charge in [-0.05, 0) is 35.4 Å². The van der Waals surface area contributed by atoms with E-state index in [-0.39, 0.29) is 35.6 Å². The van der Waals surface area contributed by atoms with Crippen molar-refractivity contribution < 1.29 is 18.0 Å². The van der Waals surface area contributed by atoms with Gasteiger partial charge in [-0.3, -0.25) is 19.4 Å². The summed E-state index contributed by atoms with van der Waals surface area (Å²) in [6.07, 6.45) is 0.381. The highest BCUT2D eigenvalue weighted by Crippen LogP contribution is 2.31. The highest BCUT2D eigenvalue weighted by Gasteiger charge is 2.33. The van der Waals surface area contributed by atoms with Crippen molar-refractivity contribution in [3.8, 4) is 0 Å². The third-order valence-corrected chi connectivity index (χ3v) is 8.57. The highest BCUT2D eigenvalue weighted by atomic mass is 32.2. The monoisotopic (exact) mass is 489 g/mol. The van der Waals surface area contributed by atoms with Gasteiger partial charge in [-0.1, -0.05) is 60.7 Å². The SMILES string of the molecule is O=C1CCC(=O)N1c1ccc(S(=O)(=O)N2CCN(C(c3ccccc3)c3ccccc3)CC2)cc1. The standard InChI is InChI=1S/C27H27N3O4S/c31-25-15-16-26(32)30(25)23-11-13-24(14-12-23)35(33,34)29-19-17-28(18-20-29)27(21-7-3-1-4-8-21)22-9-5-2-6-10-22/h1-14,27H,15-20H2. The van der Waals surface area contributed by atoms with Gasteiger partial charge in [0, 0.05) is 39.0 Å². The zero-order chi connectivity index (χ0) is 24.4. The third kappa shape index (κ3) is 4.65. The third-order valence-electron chi connectivity index (χ3n) is 6.65. The van der Waals surface area contributed by atoms with Crippen LogP contribution in [0, 0.1) is 0 Å². The fraction of sp³-hybridized carbons (Fsp3) is 0.259. The van der Waals surface area contributed by atoms with Crippen LogP contribution in [-0.4, -0.2) is 55.6 Å². The van der Waals surface area contributed by atoms with Crippen molar-refractivity contribution in [3.05, 3.63) is 96.1 Å². The predicted molar refractivity (Wildman–Crippen MR) is 133 cm³/mol. The molecule has 8 heteroatoms. The summed E-state index contributed by atoms with van der Waals surface area (Å²) in [7, 11) is -3.69. The summed E-state index contributed by atoms with van der Waals surface area (Å²) >= 11 is 0. The van der Waals surface area contributed by atoms with Gasteiger partial charge in [-0.2, -0.15) is 4.31 Å². The smallest absolute Gasteiger partial charge is 0.243 e. The number of carbonyl (C=O) groups excluding carboxylic acids is 2. The molecule has 0 aliphatic carbocycles. The first-order chi connectivity index (χ1) is 16.9. The van der Waals surface area contributed by atoms with Crippen LogP contribution in [0.5, 0.6) is 0 Å². The lowest BCUT2D eigenvalue weighted by molar-refractivity contribution is -0.121. The molecule has 7 nitrogen and oxygen atoms in total. The summed E-state index contributed by atoms with van der Waals surface area (Å²) in [5.41, 5.74) is 2.77. The summed E-state index contributed by atoms with van der Waals surface area (Å²) in [6, 6.07) is 26.6. The lowest BCUT2D eigenvalue weighted by Gasteiger charge is -2.39. The fourth-order valence-electron chi connectivity index (χ4n) is 4.87. The molecule has 0 spiro atoms. The molecule has 2 fully saturated rings. The number of benzene rings is 3. The fourth-order valence-corrected chi connectivity index (χ4v) is 6.29. The molecule has 0 N–H and O–H groups in total. The van der Waals surface area contributed by atoms with Crippen molar-refractivity contribution >= 4 is 27.5 Å². The number of imide groups is 1. The molecule has 2 saturated heterocycles. The van der Waals surface area contributed by atoms with Gasteiger partial charge in [-0.25, -0.2) is 8.42 Å². The Labute approximate surface area is 205 Å². The van der Waals surface area contributed by atoms with E-state index in [1.54, 1.807) is 0 Å². The Morgan fingerprint density at radius 1 is 0.629 bits per heavy atom. The number of piperazine rings is 1. The number of nitrogens with zero attached hydrogens (tertiary/aromatic N) is 3. The minimum atomic E-state index is -3.69. The zero-order valence-corrected chi connectivity index (χ0v) is 20.1. The molecule has 0 saturated carbocycles. The first-order valence-corrected chi connectivity index (χ1v) is 13.2. The molecule has 0 aromatic heterocycles. The number of rotatable bonds is 6. The lowest BCUT2D eigenvalue weighted by Crippen LogP contribution is -2.49. The minimum Gasteiger partial charge on any atom is -0.290 e. The van der Waals surface area contributed by atoms with Gasteiger partial charge in [0.05, 0.1) is 16.6 Å². The Bertz CT molecular complexity index is 1250. The average molecular weight is 490 g/mol. The molecule has 2 amide bonds. The van der Waals surface area contributed by atoms with Gasteiger partial charge in [0.2, 0.25) is 21.8 Å². The maximum absolute atomic E-state index is 13.3. The van der Waals surface area contributed by atoms with E-state index in [1.165, 1.54) is 39.7 Å². The molecule has 0 radical (unpaired) electrons. The summed E-state index contributed by atoms with van der Waals surface area (Å²) in [5.74, 6) is -0.513. The Hall–Kier alpha value is -3.33. The van der Waals surface area contributed by atoms with Gasteiger partial charge in [0.15, 0.2) is 0 Å². The summed E-state index contributed by atoms with van der Waals surface area (Å²) in [4.78, 5) is 27.6. The molecule has 2 heterocycles. The number of anilines is 1. The maximum Gasteiger partial charge on any atom is 0.243 e.